The van der Waals surface area contributed by atoms with Crippen LogP contribution < -0.4 is 10.6 Å². The van der Waals surface area contributed by atoms with E-state index in [4.69, 9.17) is 10.1 Å². The molecular weight excluding hydrogens is 414 g/mol. The van der Waals surface area contributed by atoms with Crippen LogP contribution in [0.1, 0.15) is 19.8 Å². The van der Waals surface area contributed by atoms with Gasteiger partial charge in [-0.25, -0.2) is 19.3 Å². The van der Waals surface area contributed by atoms with Crippen molar-refractivity contribution in [2.24, 2.45) is 0 Å². The summed E-state index contributed by atoms with van der Waals surface area (Å²) in [5.74, 6) is 0.596. The second kappa shape index (κ2) is 9.28. The van der Waals surface area contributed by atoms with Gasteiger partial charge in [0.25, 0.3) is 0 Å². The first kappa shape index (κ1) is 20.9. The summed E-state index contributed by atoms with van der Waals surface area (Å²) < 4.78 is 1.89. The first-order chi connectivity index (χ1) is 16.2. The van der Waals surface area contributed by atoms with Crippen LogP contribution in [0.5, 0.6) is 0 Å². The van der Waals surface area contributed by atoms with Crippen LogP contribution in [0.15, 0.2) is 67.0 Å². The fourth-order valence-corrected chi connectivity index (χ4v) is 4.29. The molecule has 0 atom stereocenters. The molecule has 1 aliphatic rings. The summed E-state index contributed by atoms with van der Waals surface area (Å²) in [6.07, 6.45) is 5.46. The highest BCUT2D eigenvalue weighted by atomic mass is 16.2. The first-order valence-electron chi connectivity index (χ1n) is 11.4. The molecule has 8 heteroatoms. The molecular formula is C25H27N7O. The number of carbonyl (C=O) groups excluding carboxylic acids is 1. The summed E-state index contributed by atoms with van der Waals surface area (Å²) >= 11 is 0. The topological polar surface area (TPSA) is 87.5 Å². The molecule has 0 saturated carbocycles. The Kier molecular flexibility index (Phi) is 5.89. The predicted octanol–water partition coefficient (Wildman–Crippen LogP) is 4.06. The number of fused-ring (bicyclic) bond motifs is 1. The summed E-state index contributed by atoms with van der Waals surface area (Å²) in [4.78, 5) is 23.2. The number of rotatable bonds is 5. The standard InChI is InChI=1S/C25H27N7O/c1-2-26-25(33)31-16-12-19(13-17-31)28-24-27-14-11-20(29-24)22-21-10-6-7-15-32(21)30-23(22)18-8-4-3-5-9-18/h3-11,14-15,19H,2,12-13,16-17H2,1H3,(H,26,33)(H,27,28,29). The van der Waals surface area contributed by atoms with E-state index in [1.54, 1.807) is 6.20 Å². The van der Waals surface area contributed by atoms with Gasteiger partial charge in [-0.1, -0.05) is 36.4 Å². The number of hydrogen-bond donors (Lipinski definition) is 2. The number of nitrogens with zero attached hydrogens (tertiary/aromatic N) is 5. The lowest BCUT2D eigenvalue weighted by molar-refractivity contribution is 0.184. The van der Waals surface area contributed by atoms with Crippen LogP contribution in [0.4, 0.5) is 10.7 Å². The van der Waals surface area contributed by atoms with Gasteiger partial charge in [0.1, 0.15) is 5.69 Å². The van der Waals surface area contributed by atoms with E-state index in [0.29, 0.717) is 12.5 Å². The van der Waals surface area contributed by atoms with Gasteiger partial charge in [0.2, 0.25) is 5.95 Å². The van der Waals surface area contributed by atoms with E-state index in [2.05, 4.69) is 33.8 Å². The largest absolute Gasteiger partial charge is 0.351 e. The van der Waals surface area contributed by atoms with Crippen LogP contribution in [0, 0.1) is 0 Å². The third-order valence-corrected chi connectivity index (χ3v) is 5.94. The summed E-state index contributed by atoms with van der Waals surface area (Å²) in [7, 11) is 0. The minimum absolute atomic E-state index is 0.00993. The van der Waals surface area contributed by atoms with Crippen LogP contribution in [-0.2, 0) is 0 Å². The van der Waals surface area contributed by atoms with Crippen molar-refractivity contribution >= 4 is 17.5 Å². The molecule has 1 aliphatic heterocycles. The average molecular weight is 442 g/mol. The second-order valence-corrected chi connectivity index (χ2v) is 8.13. The zero-order chi connectivity index (χ0) is 22.6. The Bertz CT molecular complexity index is 1250. The van der Waals surface area contributed by atoms with Gasteiger partial charge in [-0.05, 0) is 38.0 Å². The van der Waals surface area contributed by atoms with E-state index >= 15 is 0 Å². The van der Waals surface area contributed by atoms with Crippen molar-refractivity contribution in [1.29, 1.82) is 0 Å². The molecule has 4 heterocycles. The van der Waals surface area contributed by atoms with E-state index in [-0.39, 0.29) is 12.1 Å². The number of benzene rings is 1. The Morgan fingerprint density at radius 2 is 1.85 bits per heavy atom. The number of nitrogens with one attached hydrogen (secondary N) is 2. The van der Waals surface area contributed by atoms with Crippen LogP contribution in [0.2, 0.25) is 0 Å². The Labute approximate surface area is 192 Å². The van der Waals surface area contributed by atoms with Crippen LogP contribution in [0.3, 0.4) is 0 Å². The van der Waals surface area contributed by atoms with E-state index in [9.17, 15) is 4.79 Å². The van der Waals surface area contributed by atoms with Gasteiger partial charge in [0, 0.05) is 43.6 Å². The normalized spacial score (nSPS) is 14.4. The smallest absolute Gasteiger partial charge is 0.317 e. The molecule has 1 aromatic carbocycles. The molecule has 2 amide bonds. The van der Waals surface area contributed by atoms with Gasteiger partial charge in [0.15, 0.2) is 0 Å². The van der Waals surface area contributed by atoms with Gasteiger partial charge in [0.05, 0.1) is 16.8 Å². The second-order valence-electron chi connectivity index (χ2n) is 8.13. The zero-order valence-corrected chi connectivity index (χ0v) is 18.6. The lowest BCUT2D eigenvalue weighted by atomic mass is 10.0. The third-order valence-electron chi connectivity index (χ3n) is 5.94. The highest BCUT2D eigenvalue weighted by Gasteiger charge is 2.23. The van der Waals surface area contributed by atoms with Crippen molar-refractivity contribution in [3.63, 3.8) is 0 Å². The van der Waals surface area contributed by atoms with E-state index in [1.807, 2.05) is 58.9 Å². The number of hydrogen-bond acceptors (Lipinski definition) is 5. The fraction of sp³-hybridized carbons (Fsp3) is 0.280. The highest BCUT2D eigenvalue weighted by molar-refractivity contribution is 5.90. The summed E-state index contributed by atoms with van der Waals surface area (Å²) in [6.45, 7) is 4.01. The Balaban J connectivity index is 1.41. The number of carbonyl (C=O) groups is 1. The number of urea groups is 1. The lowest BCUT2D eigenvalue weighted by Gasteiger charge is -2.32. The zero-order valence-electron chi connectivity index (χ0n) is 18.6. The Hall–Kier alpha value is -3.94. The van der Waals surface area contributed by atoms with Gasteiger partial charge in [-0.3, -0.25) is 0 Å². The number of aromatic nitrogens is 4. The molecule has 33 heavy (non-hydrogen) atoms. The summed E-state index contributed by atoms with van der Waals surface area (Å²) in [5, 5.41) is 11.2. The van der Waals surface area contributed by atoms with Crippen LogP contribution >= 0.6 is 0 Å². The molecule has 0 aliphatic carbocycles. The van der Waals surface area contributed by atoms with Crippen molar-refractivity contribution in [2.45, 2.75) is 25.8 Å². The molecule has 0 spiro atoms. The van der Waals surface area contributed by atoms with Crippen LogP contribution in [0.25, 0.3) is 28.0 Å². The summed E-state index contributed by atoms with van der Waals surface area (Å²) in [5.41, 5.74) is 4.74. The molecule has 168 valence electrons. The maximum absolute atomic E-state index is 12.1. The third kappa shape index (κ3) is 4.37. The number of pyridine rings is 1. The van der Waals surface area contributed by atoms with E-state index < -0.39 is 0 Å². The molecule has 2 N–H and O–H groups in total. The number of likely N-dealkylation sites (tertiary alicyclic amines) is 1. The monoisotopic (exact) mass is 441 g/mol. The summed E-state index contributed by atoms with van der Waals surface area (Å²) in [6, 6.07) is 18.4. The molecule has 1 saturated heterocycles. The quantitative estimate of drug-likeness (QED) is 0.488. The highest BCUT2D eigenvalue weighted by Crippen LogP contribution is 2.34. The van der Waals surface area contributed by atoms with Crippen molar-refractivity contribution in [3.8, 4) is 22.5 Å². The van der Waals surface area contributed by atoms with Crippen molar-refractivity contribution in [3.05, 3.63) is 67.0 Å². The number of piperidine rings is 1. The van der Waals surface area contributed by atoms with Gasteiger partial charge >= 0.3 is 6.03 Å². The molecule has 0 unspecified atom stereocenters. The average Bonchev–Trinajstić information content (AvgIpc) is 3.25. The minimum atomic E-state index is 0.00993. The molecule has 8 nitrogen and oxygen atoms in total. The van der Waals surface area contributed by atoms with Crippen molar-refractivity contribution in [2.75, 3.05) is 25.0 Å². The molecule has 5 rings (SSSR count). The SMILES string of the molecule is CCNC(=O)N1CCC(Nc2nccc(-c3c(-c4ccccc4)nn4ccccc34)n2)CC1. The Morgan fingerprint density at radius 1 is 1.06 bits per heavy atom. The van der Waals surface area contributed by atoms with Gasteiger partial charge < -0.3 is 15.5 Å². The van der Waals surface area contributed by atoms with Gasteiger partial charge in [-0.2, -0.15) is 5.10 Å². The molecule has 1 fully saturated rings. The number of amides is 2. The minimum Gasteiger partial charge on any atom is -0.351 e. The van der Waals surface area contributed by atoms with E-state index in [0.717, 1.165) is 54.0 Å². The Morgan fingerprint density at radius 3 is 2.64 bits per heavy atom. The lowest BCUT2D eigenvalue weighted by Crippen LogP contribution is -2.46. The molecule has 4 aromatic rings. The van der Waals surface area contributed by atoms with Gasteiger partial charge in [-0.15, -0.1) is 0 Å². The fourth-order valence-electron chi connectivity index (χ4n) is 4.29. The molecule has 0 bridgehead atoms. The predicted molar refractivity (Wildman–Crippen MR) is 129 cm³/mol. The van der Waals surface area contributed by atoms with Crippen LogP contribution in [-0.4, -0.2) is 56.2 Å². The first-order valence-corrected chi connectivity index (χ1v) is 11.4. The van der Waals surface area contributed by atoms with Crippen molar-refractivity contribution < 1.29 is 4.79 Å². The maximum atomic E-state index is 12.1. The maximum Gasteiger partial charge on any atom is 0.317 e. The number of anilines is 1. The molecule has 3 aromatic heterocycles. The molecule has 0 radical (unpaired) electrons. The van der Waals surface area contributed by atoms with Crippen molar-refractivity contribution in [1.82, 2.24) is 29.8 Å². The van der Waals surface area contributed by atoms with E-state index in [1.165, 1.54) is 0 Å².